The highest BCUT2D eigenvalue weighted by Crippen LogP contribution is 2.09. The molecule has 3 heteroatoms. The molecule has 0 aromatic carbocycles. The van der Waals surface area contributed by atoms with Gasteiger partial charge < -0.3 is 5.32 Å². The van der Waals surface area contributed by atoms with Crippen LogP contribution in [0.1, 0.15) is 13.8 Å². The summed E-state index contributed by atoms with van der Waals surface area (Å²) >= 11 is 3.39. The monoisotopic (exact) mass is 232 g/mol. The average Bonchev–Trinajstić information content (AvgIpc) is 1.81. The van der Waals surface area contributed by atoms with E-state index in [-0.39, 0.29) is 0 Å². The lowest BCUT2D eigenvalue weighted by atomic mass is 10.1. The molecule has 1 heterocycles. The molecular formula is C9H17BrN2. The molecule has 2 atom stereocenters. The van der Waals surface area contributed by atoms with E-state index in [4.69, 9.17) is 0 Å². The van der Waals surface area contributed by atoms with Gasteiger partial charge in [-0.2, -0.15) is 0 Å². The lowest BCUT2D eigenvalue weighted by molar-refractivity contribution is 0.189. The van der Waals surface area contributed by atoms with Gasteiger partial charge >= 0.3 is 0 Å². The number of hydrogen-bond acceptors (Lipinski definition) is 2. The first-order valence-corrected chi connectivity index (χ1v) is 5.19. The van der Waals surface area contributed by atoms with Crippen LogP contribution in [-0.2, 0) is 0 Å². The van der Waals surface area contributed by atoms with Crippen LogP contribution in [0.25, 0.3) is 0 Å². The fraction of sp³-hybridized carbons (Fsp3) is 0.778. The molecule has 12 heavy (non-hydrogen) atoms. The molecule has 0 amide bonds. The number of nitrogens with one attached hydrogen (secondary N) is 1. The van der Waals surface area contributed by atoms with E-state index in [2.05, 4.69) is 46.6 Å². The third-order valence-corrected chi connectivity index (χ3v) is 2.28. The minimum Gasteiger partial charge on any atom is -0.309 e. The summed E-state index contributed by atoms with van der Waals surface area (Å²) in [7, 11) is 0. The summed E-state index contributed by atoms with van der Waals surface area (Å²) in [4.78, 5) is 2.42. The summed E-state index contributed by atoms with van der Waals surface area (Å²) in [5, 5.41) is 3.50. The van der Waals surface area contributed by atoms with Crippen molar-refractivity contribution in [2.75, 3.05) is 19.6 Å². The van der Waals surface area contributed by atoms with E-state index in [9.17, 15) is 0 Å². The molecule has 0 aliphatic carbocycles. The van der Waals surface area contributed by atoms with Gasteiger partial charge in [-0.05, 0) is 13.8 Å². The van der Waals surface area contributed by atoms with Crippen LogP contribution in [0.2, 0.25) is 0 Å². The molecule has 2 nitrogen and oxygen atoms in total. The fourth-order valence-electron chi connectivity index (χ4n) is 1.81. The second-order valence-electron chi connectivity index (χ2n) is 3.68. The van der Waals surface area contributed by atoms with Gasteiger partial charge in [0.15, 0.2) is 0 Å². The molecule has 1 rings (SSSR count). The van der Waals surface area contributed by atoms with Crippen molar-refractivity contribution in [2.45, 2.75) is 25.9 Å². The van der Waals surface area contributed by atoms with Crippen molar-refractivity contribution in [1.29, 1.82) is 0 Å². The molecule has 0 saturated carbocycles. The van der Waals surface area contributed by atoms with E-state index in [0.29, 0.717) is 12.1 Å². The van der Waals surface area contributed by atoms with Crippen LogP contribution in [0.4, 0.5) is 0 Å². The van der Waals surface area contributed by atoms with Gasteiger partial charge in [-0.3, -0.25) is 4.90 Å². The van der Waals surface area contributed by atoms with E-state index >= 15 is 0 Å². The summed E-state index contributed by atoms with van der Waals surface area (Å²) < 4.78 is 1.07. The standard InChI is InChI=1S/C9H17BrN2/c1-7(10)4-12-5-8(2)11-9(3)6-12/h8-9,11H,1,4-6H2,2-3H3/t8-,9+. The first kappa shape index (κ1) is 10.2. The number of halogens is 1. The average molecular weight is 233 g/mol. The number of nitrogens with zero attached hydrogens (tertiary/aromatic N) is 1. The van der Waals surface area contributed by atoms with E-state index in [1.165, 1.54) is 0 Å². The molecule has 1 fully saturated rings. The number of hydrogen-bond donors (Lipinski definition) is 1. The van der Waals surface area contributed by atoms with Gasteiger partial charge in [0.1, 0.15) is 0 Å². The third-order valence-electron chi connectivity index (χ3n) is 2.03. The topological polar surface area (TPSA) is 15.3 Å². The molecule has 1 aliphatic heterocycles. The van der Waals surface area contributed by atoms with Crippen molar-refractivity contribution in [2.24, 2.45) is 0 Å². The smallest absolute Gasteiger partial charge is 0.0295 e. The summed E-state index contributed by atoms with van der Waals surface area (Å²) in [6.45, 7) is 11.5. The summed E-state index contributed by atoms with van der Waals surface area (Å²) in [5.41, 5.74) is 0. The van der Waals surface area contributed by atoms with Gasteiger partial charge in [0.2, 0.25) is 0 Å². The van der Waals surface area contributed by atoms with Crippen LogP contribution in [0.5, 0.6) is 0 Å². The Morgan fingerprint density at radius 3 is 2.42 bits per heavy atom. The zero-order valence-electron chi connectivity index (χ0n) is 7.81. The van der Waals surface area contributed by atoms with Crippen LogP contribution in [0, 0.1) is 0 Å². The van der Waals surface area contributed by atoms with Crippen LogP contribution < -0.4 is 5.32 Å². The number of rotatable bonds is 2. The molecule has 0 spiro atoms. The van der Waals surface area contributed by atoms with Gasteiger partial charge in [-0.1, -0.05) is 22.5 Å². The zero-order chi connectivity index (χ0) is 9.14. The quantitative estimate of drug-likeness (QED) is 0.778. The normalized spacial score (nSPS) is 31.9. The highest BCUT2D eigenvalue weighted by atomic mass is 79.9. The molecule has 0 radical (unpaired) electrons. The zero-order valence-corrected chi connectivity index (χ0v) is 9.39. The molecule has 0 unspecified atom stereocenters. The summed E-state index contributed by atoms with van der Waals surface area (Å²) in [6, 6.07) is 1.20. The Morgan fingerprint density at radius 1 is 1.50 bits per heavy atom. The predicted molar refractivity (Wildman–Crippen MR) is 56.6 cm³/mol. The molecule has 1 N–H and O–H groups in total. The maximum Gasteiger partial charge on any atom is 0.0295 e. The van der Waals surface area contributed by atoms with Gasteiger partial charge in [-0.15, -0.1) is 0 Å². The van der Waals surface area contributed by atoms with Crippen molar-refractivity contribution < 1.29 is 0 Å². The van der Waals surface area contributed by atoms with Crippen molar-refractivity contribution in [3.05, 3.63) is 11.1 Å². The second kappa shape index (κ2) is 4.40. The predicted octanol–water partition coefficient (Wildman–Crippen LogP) is 1.58. The Kier molecular flexibility index (Phi) is 3.75. The minimum absolute atomic E-state index is 0.598. The maximum atomic E-state index is 3.85. The van der Waals surface area contributed by atoms with Crippen LogP contribution in [0.15, 0.2) is 11.1 Å². The van der Waals surface area contributed by atoms with Gasteiger partial charge in [0.25, 0.3) is 0 Å². The Bertz CT molecular complexity index is 160. The van der Waals surface area contributed by atoms with Crippen LogP contribution in [0.3, 0.4) is 0 Å². The van der Waals surface area contributed by atoms with Gasteiger partial charge in [0.05, 0.1) is 0 Å². The van der Waals surface area contributed by atoms with E-state index in [1.807, 2.05) is 0 Å². The largest absolute Gasteiger partial charge is 0.309 e. The lowest BCUT2D eigenvalue weighted by Gasteiger charge is -2.35. The Balaban J connectivity index is 2.38. The molecule has 0 bridgehead atoms. The Morgan fingerprint density at radius 2 is 2.00 bits per heavy atom. The Labute approximate surface area is 83.1 Å². The third kappa shape index (κ3) is 3.25. The van der Waals surface area contributed by atoms with Crippen molar-refractivity contribution in [1.82, 2.24) is 10.2 Å². The highest BCUT2D eigenvalue weighted by Gasteiger charge is 2.20. The SMILES string of the molecule is C=C(Br)CN1C[C@@H](C)N[C@@H](C)C1. The minimum atomic E-state index is 0.598. The van der Waals surface area contributed by atoms with Gasteiger partial charge in [0, 0.05) is 36.2 Å². The molecule has 1 aliphatic rings. The van der Waals surface area contributed by atoms with E-state index < -0.39 is 0 Å². The lowest BCUT2D eigenvalue weighted by Crippen LogP contribution is -2.54. The van der Waals surface area contributed by atoms with Crippen LogP contribution >= 0.6 is 15.9 Å². The van der Waals surface area contributed by atoms with Crippen LogP contribution in [-0.4, -0.2) is 36.6 Å². The summed E-state index contributed by atoms with van der Waals surface area (Å²) in [5.74, 6) is 0. The first-order chi connectivity index (χ1) is 5.58. The van der Waals surface area contributed by atoms with Crippen molar-refractivity contribution in [3.8, 4) is 0 Å². The number of piperazine rings is 1. The molecule has 70 valence electrons. The molecule has 0 aromatic heterocycles. The van der Waals surface area contributed by atoms with Crippen molar-refractivity contribution in [3.63, 3.8) is 0 Å². The van der Waals surface area contributed by atoms with Gasteiger partial charge in [-0.25, -0.2) is 0 Å². The fourth-order valence-corrected chi connectivity index (χ4v) is 2.17. The molecule has 0 aromatic rings. The summed E-state index contributed by atoms with van der Waals surface area (Å²) in [6.07, 6.45) is 0. The maximum absolute atomic E-state index is 3.85. The van der Waals surface area contributed by atoms with E-state index in [1.54, 1.807) is 0 Å². The highest BCUT2D eigenvalue weighted by molar-refractivity contribution is 9.11. The van der Waals surface area contributed by atoms with E-state index in [0.717, 1.165) is 24.1 Å². The first-order valence-electron chi connectivity index (χ1n) is 4.39. The molecule has 1 saturated heterocycles. The molecular weight excluding hydrogens is 216 g/mol. The van der Waals surface area contributed by atoms with Crippen molar-refractivity contribution >= 4 is 15.9 Å². The second-order valence-corrected chi connectivity index (χ2v) is 4.80. The Hall–Kier alpha value is 0.140.